The summed E-state index contributed by atoms with van der Waals surface area (Å²) in [6, 6.07) is 10.8. The lowest BCUT2D eigenvalue weighted by atomic mass is 10.2. The SMILES string of the molecule is COc1ccc(C=Nn2c(C)nc3ccc(Br)cc3c2=O)cc1OC. The average Bonchev–Trinajstić information content (AvgIpc) is 2.62. The summed E-state index contributed by atoms with van der Waals surface area (Å²) >= 11 is 3.37. The first kappa shape index (κ1) is 17.2. The van der Waals surface area contributed by atoms with Gasteiger partial charge in [0.2, 0.25) is 0 Å². The number of aromatic nitrogens is 2. The maximum atomic E-state index is 12.7. The second-order valence-electron chi connectivity index (χ2n) is 5.30. The number of nitrogens with zero attached hydrogens (tertiary/aromatic N) is 3. The van der Waals surface area contributed by atoms with Crippen molar-refractivity contribution in [2.75, 3.05) is 14.2 Å². The standard InChI is InChI=1S/C18H16BrN3O3/c1-11-21-15-6-5-13(19)9-14(15)18(23)22(11)20-10-12-4-7-16(24-2)17(8-12)25-3/h4-10H,1-3H3. The lowest BCUT2D eigenvalue weighted by Crippen LogP contribution is -2.20. The van der Waals surface area contributed by atoms with Gasteiger partial charge < -0.3 is 9.47 Å². The van der Waals surface area contributed by atoms with E-state index in [1.165, 1.54) is 4.68 Å². The Morgan fingerprint density at radius 2 is 1.88 bits per heavy atom. The molecule has 0 fully saturated rings. The van der Waals surface area contributed by atoms with Gasteiger partial charge in [0.05, 0.1) is 31.3 Å². The van der Waals surface area contributed by atoms with E-state index in [0.29, 0.717) is 28.2 Å². The van der Waals surface area contributed by atoms with E-state index in [1.807, 2.05) is 12.1 Å². The number of hydrogen-bond donors (Lipinski definition) is 0. The van der Waals surface area contributed by atoms with Crippen LogP contribution in [0, 0.1) is 6.92 Å². The Labute approximate surface area is 152 Å². The molecule has 128 valence electrons. The zero-order chi connectivity index (χ0) is 18.0. The molecule has 0 atom stereocenters. The van der Waals surface area contributed by atoms with Gasteiger partial charge in [0.15, 0.2) is 11.5 Å². The predicted molar refractivity (Wildman–Crippen MR) is 101 cm³/mol. The molecule has 25 heavy (non-hydrogen) atoms. The first-order valence-electron chi connectivity index (χ1n) is 7.49. The van der Waals surface area contributed by atoms with Crippen LogP contribution in [0.3, 0.4) is 0 Å². The Hall–Kier alpha value is -2.67. The highest BCUT2D eigenvalue weighted by atomic mass is 79.9. The quantitative estimate of drug-likeness (QED) is 0.628. The molecule has 0 amide bonds. The normalized spacial score (nSPS) is 11.2. The van der Waals surface area contributed by atoms with Gasteiger partial charge in [-0.25, -0.2) is 4.98 Å². The summed E-state index contributed by atoms with van der Waals surface area (Å²) in [6.45, 7) is 1.74. The minimum atomic E-state index is -0.222. The van der Waals surface area contributed by atoms with Gasteiger partial charge in [0.1, 0.15) is 5.82 Å². The molecule has 0 aliphatic rings. The van der Waals surface area contributed by atoms with Crippen LogP contribution in [0.25, 0.3) is 10.9 Å². The van der Waals surface area contributed by atoms with Crippen molar-refractivity contribution in [2.45, 2.75) is 6.92 Å². The van der Waals surface area contributed by atoms with Gasteiger partial charge in [0, 0.05) is 4.47 Å². The minimum absolute atomic E-state index is 0.222. The van der Waals surface area contributed by atoms with Gasteiger partial charge in [-0.05, 0) is 48.9 Å². The van der Waals surface area contributed by atoms with Crippen LogP contribution in [0.5, 0.6) is 11.5 Å². The average molecular weight is 402 g/mol. The molecule has 0 unspecified atom stereocenters. The summed E-state index contributed by atoms with van der Waals surface area (Å²) in [5, 5.41) is 4.80. The number of hydrogen-bond acceptors (Lipinski definition) is 5. The number of halogens is 1. The zero-order valence-corrected chi connectivity index (χ0v) is 15.6. The first-order valence-corrected chi connectivity index (χ1v) is 8.28. The van der Waals surface area contributed by atoms with E-state index in [0.717, 1.165) is 10.0 Å². The van der Waals surface area contributed by atoms with E-state index in [-0.39, 0.29) is 5.56 Å². The highest BCUT2D eigenvalue weighted by Gasteiger charge is 2.08. The van der Waals surface area contributed by atoms with Crippen LogP contribution < -0.4 is 15.0 Å². The van der Waals surface area contributed by atoms with Crippen LogP contribution in [-0.2, 0) is 0 Å². The highest BCUT2D eigenvalue weighted by molar-refractivity contribution is 9.10. The first-order chi connectivity index (χ1) is 12.0. The largest absolute Gasteiger partial charge is 0.493 e. The third-order valence-electron chi connectivity index (χ3n) is 3.70. The molecule has 0 bridgehead atoms. The van der Waals surface area contributed by atoms with Gasteiger partial charge >= 0.3 is 0 Å². The molecule has 2 aromatic carbocycles. The molecule has 0 saturated carbocycles. The van der Waals surface area contributed by atoms with Crippen LogP contribution in [0.1, 0.15) is 11.4 Å². The van der Waals surface area contributed by atoms with E-state index in [9.17, 15) is 4.79 Å². The number of rotatable bonds is 4. The molecule has 0 saturated heterocycles. The number of benzene rings is 2. The van der Waals surface area contributed by atoms with Gasteiger partial charge in [-0.1, -0.05) is 15.9 Å². The lowest BCUT2D eigenvalue weighted by molar-refractivity contribution is 0.355. The monoisotopic (exact) mass is 401 g/mol. The van der Waals surface area contributed by atoms with Crippen LogP contribution in [-0.4, -0.2) is 30.1 Å². The van der Waals surface area contributed by atoms with Gasteiger partial charge in [-0.2, -0.15) is 9.78 Å². The molecule has 6 nitrogen and oxygen atoms in total. The fourth-order valence-electron chi connectivity index (χ4n) is 2.45. The third kappa shape index (κ3) is 3.41. The smallest absolute Gasteiger partial charge is 0.282 e. The Kier molecular flexibility index (Phi) is 4.85. The molecular formula is C18H16BrN3O3. The van der Waals surface area contributed by atoms with Crippen molar-refractivity contribution >= 4 is 33.0 Å². The van der Waals surface area contributed by atoms with E-state index < -0.39 is 0 Å². The fourth-order valence-corrected chi connectivity index (χ4v) is 2.81. The minimum Gasteiger partial charge on any atom is -0.493 e. The van der Waals surface area contributed by atoms with Crippen LogP contribution in [0.15, 0.2) is 50.8 Å². The molecule has 3 rings (SSSR count). The Bertz CT molecular complexity index is 1030. The van der Waals surface area contributed by atoms with E-state index >= 15 is 0 Å². The molecule has 0 spiro atoms. The second kappa shape index (κ2) is 7.06. The van der Waals surface area contributed by atoms with Crippen molar-refractivity contribution in [1.82, 2.24) is 9.66 Å². The third-order valence-corrected chi connectivity index (χ3v) is 4.19. The number of aryl methyl sites for hydroxylation is 1. The molecule has 0 N–H and O–H groups in total. The Morgan fingerprint density at radius 3 is 2.60 bits per heavy atom. The van der Waals surface area contributed by atoms with E-state index in [4.69, 9.17) is 9.47 Å². The zero-order valence-electron chi connectivity index (χ0n) is 14.0. The van der Waals surface area contributed by atoms with Crippen LogP contribution in [0.4, 0.5) is 0 Å². The molecular weight excluding hydrogens is 386 g/mol. The van der Waals surface area contributed by atoms with Gasteiger partial charge in [0.25, 0.3) is 5.56 Å². The second-order valence-corrected chi connectivity index (χ2v) is 6.21. The number of methoxy groups -OCH3 is 2. The van der Waals surface area contributed by atoms with Gasteiger partial charge in [-0.3, -0.25) is 4.79 Å². The van der Waals surface area contributed by atoms with Crippen molar-refractivity contribution in [2.24, 2.45) is 5.10 Å². The maximum absolute atomic E-state index is 12.7. The Balaban J connectivity index is 2.06. The van der Waals surface area contributed by atoms with Crippen molar-refractivity contribution in [3.63, 3.8) is 0 Å². The summed E-state index contributed by atoms with van der Waals surface area (Å²) in [5.41, 5.74) is 1.20. The number of ether oxygens (including phenoxy) is 2. The Morgan fingerprint density at radius 1 is 1.12 bits per heavy atom. The van der Waals surface area contributed by atoms with Crippen molar-refractivity contribution in [3.05, 3.63) is 62.6 Å². The van der Waals surface area contributed by atoms with Crippen molar-refractivity contribution in [3.8, 4) is 11.5 Å². The summed E-state index contributed by atoms with van der Waals surface area (Å²) in [6.07, 6.45) is 1.59. The molecule has 3 aromatic rings. The molecule has 1 aromatic heterocycles. The molecule has 7 heteroatoms. The summed E-state index contributed by atoms with van der Waals surface area (Å²) in [4.78, 5) is 17.1. The van der Waals surface area contributed by atoms with E-state index in [1.54, 1.807) is 51.6 Å². The van der Waals surface area contributed by atoms with Crippen molar-refractivity contribution in [1.29, 1.82) is 0 Å². The number of fused-ring (bicyclic) bond motifs is 1. The van der Waals surface area contributed by atoms with Crippen LogP contribution in [0.2, 0.25) is 0 Å². The maximum Gasteiger partial charge on any atom is 0.282 e. The summed E-state index contributed by atoms with van der Waals surface area (Å²) < 4.78 is 12.6. The van der Waals surface area contributed by atoms with Gasteiger partial charge in [-0.15, -0.1) is 0 Å². The van der Waals surface area contributed by atoms with Crippen molar-refractivity contribution < 1.29 is 9.47 Å². The fraction of sp³-hybridized carbons (Fsp3) is 0.167. The highest BCUT2D eigenvalue weighted by Crippen LogP contribution is 2.26. The summed E-state index contributed by atoms with van der Waals surface area (Å²) in [7, 11) is 3.14. The lowest BCUT2D eigenvalue weighted by Gasteiger charge is -2.08. The topological polar surface area (TPSA) is 65.7 Å². The molecule has 0 aliphatic heterocycles. The molecule has 1 heterocycles. The molecule has 0 aliphatic carbocycles. The summed E-state index contributed by atoms with van der Waals surface area (Å²) in [5.74, 6) is 1.73. The van der Waals surface area contributed by atoms with Crippen LogP contribution >= 0.6 is 15.9 Å². The van der Waals surface area contributed by atoms with E-state index in [2.05, 4.69) is 26.0 Å². The molecule has 0 radical (unpaired) electrons. The predicted octanol–water partition coefficient (Wildman–Crippen LogP) is 3.37.